The quantitative estimate of drug-likeness (QED) is 0.897. The number of H-pyrrole nitrogens is 1. The number of carbonyl (C=O) groups is 1. The summed E-state index contributed by atoms with van der Waals surface area (Å²) in [6, 6.07) is 10.8. The number of nitrogens with one attached hydrogen (secondary N) is 2. The van der Waals surface area contributed by atoms with Gasteiger partial charge in [-0.05, 0) is 37.1 Å². The fourth-order valence-electron chi connectivity index (χ4n) is 2.08. The summed E-state index contributed by atoms with van der Waals surface area (Å²) in [6.45, 7) is 3.92. The molecule has 0 aliphatic heterocycles. The first kappa shape index (κ1) is 14.1. The van der Waals surface area contributed by atoms with Crippen LogP contribution < -0.4 is 10.9 Å². The highest BCUT2D eigenvalue weighted by Crippen LogP contribution is 2.10. The van der Waals surface area contributed by atoms with Crippen LogP contribution >= 0.6 is 0 Å². The molecule has 0 saturated carbocycles. The van der Waals surface area contributed by atoms with Crippen molar-refractivity contribution in [3.63, 3.8) is 0 Å². The average Bonchev–Trinajstić information content (AvgIpc) is 2.43. The van der Waals surface area contributed by atoms with Gasteiger partial charge in [-0.1, -0.05) is 31.5 Å². The Bertz CT molecular complexity index is 660. The second kappa shape index (κ2) is 6.19. The van der Waals surface area contributed by atoms with E-state index in [0.717, 1.165) is 24.1 Å². The first-order valence-electron chi connectivity index (χ1n) is 6.71. The van der Waals surface area contributed by atoms with E-state index in [1.807, 2.05) is 25.1 Å². The number of aryl methyl sites for hydroxylation is 2. The maximum absolute atomic E-state index is 12.2. The van der Waals surface area contributed by atoms with Gasteiger partial charge < -0.3 is 10.3 Å². The number of anilines is 1. The topological polar surface area (TPSA) is 62.0 Å². The first-order valence-corrected chi connectivity index (χ1v) is 6.71. The van der Waals surface area contributed by atoms with E-state index < -0.39 is 0 Å². The number of aromatic amines is 1. The zero-order chi connectivity index (χ0) is 14.5. The molecular weight excluding hydrogens is 252 g/mol. The number of aromatic nitrogens is 1. The molecule has 2 aromatic rings. The van der Waals surface area contributed by atoms with E-state index in [4.69, 9.17) is 0 Å². The molecular formula is C16H18N2O2. The van der Waals surface area contributed by atoms with Crippen LogP contribution in [0.2, 0.25) is 0 Å². The molecule has 4 nitrogen and oxygen atoms in total. The maximum atomic E-state index is 12.2. The molecule has 0 unspecified atom stereocenters. The molecule has 0 bridgehead atoms. The van der Waals surface area contributed by atoms with Gasteiger partial charge in [0.1, 0.15) is 5.56 Å². The fraction of sp³-hybridized carbons (Fsp3) is 0.250. The standard InChI is InChI=1S/C16H18N2O2/c1-3-7-12-10-14(15(19)17-11(12)2)16(20)18-13-8-5-4-6-9-13/h4-6,8-10H,3,7H2,1-2H3,(H,17,19)(H,18,20). The van der Waals surface area contributed by atoms with Crippen LogP contribution in [0.15, 0.2) is 41.2 Å². The van der Waals surface area contributed by atoms with Gasteiger partial charge in [0.2, 0.25) is 0 Å². The monoisotopic (exact) mass is 270 g/mol. The first-order chi connectivity index (χ1) is 9.61. The van der Waals surface area contributed by atoms with Crippen molar-refractivity contribution in [1.82, 2.24) is 4.98 Å². The molecule has 0 aliphatic carbocycles. The van der Waals surface area contributed by atoms with E-state index in [2.05, 4.69) is 17.2 Å². The largest absolute Gasteiger partial charge is 0.326 e. The average molecular weight is 270 g/mol. The summed E-state index contributed by atoms with van der Waals surface area (Å²) >= 11 is 0. The number of benzene rings is 1. The zero-order valence-electron chi connectivity index (χ0n) is 11.7. The van der Waals surface area contributed by atoms with Gasteiger partial charge in [0, 0.05) is 11.4 Å². The third kappa shape index (κ3) is 3.15. The second-order valence-electron chi connectivity index (χ2n) is 4.73. The highest BCUT2D eigenvalue weighted by Gasteiger charge is 2.13. The number of rotatable bonds is 4. The van der Waals surface area contributed by atoms with Gasteiger partial charge in [0.05, 0.1) is 0 Å². The normalized spacial score (nSPS) is 10.3. The Kier molecular flexibility index (Phi) is 4.35. The van der Waals surface area contributed by atoms with Crippen molar-refractivity contribution in [2.45, 2.75) is 26.7 Å². The van der Waals surface area contributed by atoms with E-state index in [-0.39, 0.29) is 17.0 Å². The Morgan fingerprint density at radius 2 is 1.95 bits per heavy atom. The van der Waals surface area contributed by atoms with Crippen molar-refractivity contribution < 1.29 is 4.79 Å². The summed E-state index contributed by atoms with van der Waals surface area (Å²) in [5.41, 5.74) is 2.31. The lowest BCUT2D eigenvalue weighted by molar-refractivity contribution is 0.102. The Morgan fingerprint density at radius 1 is 1.25 bits per heavy atom. The number of hydrogen-bond donors (Lipinski definition) is 2. The molecule has 104 valence electrons. The van der Waals surface area contributed by atoms with Crippen LogP contribution in [0.3, 0.4) is 0 Å². The van der Waals surface area contributed by atoms with Crippen LogP contribution in [0, 0.1) is 6.92 Å². The molecule has 0 aliphatic rings. The Hall–Kier alpha value is -2.36. The van der Waals surface area contributed by atoms with Gasteiger partial charge in [-0.15, -0.1) is 0 Å². The minimum Gasteiger partial charge on any atom is -0.326 e. The van der Waals surface area contributed by atoms with E-state index in [9.17, 15) is 9.59 Å². The number of pyridine rings is 1. The van der Waals surface area contributed by atoms with Crippen molar-refractivity contribution in [1.29, 1.82) is 0 Å². The molecule has 0 fully saturated rings. The van der Waals surface area contributed by atoms with Crippen LogP contribution in [0.1, 0.15) is 35.0 Å². The Labute approximate surface area is 117 Å². The molecule has 1 heterocycles. The van der Waals surface area contributed by atoms with E-state index in [1.165, 1.54) is 0 Å². The number of amides is 1. The lowest BCUT2D eigenvalue weighted by Gasteiger charge is -2.08. The number of carbonyl (C=O) groups excluding carboxylic acids is 1. The van der Waals surface area contributed by atoms with Crippen LogP contribution in [-0.2, 0) is 6.42 Å². The molecule has 20 heavy (non-hydrogen) atoms. The fourth-order valence-corrected chi connectivity index (χ4v) is 2.08. The maximum Gasteiger partial charge on any atom is 0.261 e. The minimum absolute atomic E-state index is 0.155. The third-order valence-corrected chi connectivity index (χ3v) is 3.14. The third-order valence-electron chi connectivity index (χ3n) is 3.14. The highest BCUT2D eigenvalue weighted by atomic mass is 16.2. The van der Waals surface area contributed by atoms with Gasteiger partial charge in [-0.25, -0.2) is 0 Å². The van der Waals surface area contributed by atoms with Crippen LogP contribution in [0.25, 0.3) is 0 Å². The Morgan fingerprint density at radius 3 is 2.60 bits per heavy atom. The molecule has 1 aromatic carbocycles. The zero-order valence-corrected chi connectivity index (χ0v) is 11.7. The predicted octanol–water partition coefficient (Wildman–Crippen LogP) is 2.89. The van der Waals surface area contributed by atoms with E-state index in [1.54, 1.807) is 18.2 Å². The number of hydrogen-bond acceptors (Lipinski definition) is 2. The van der Waals surface area contributed by atoms with Crippen LogP contribution in [0.4, 0.5) is 5.69 Å². The summed E-state index contributed by atoms with van der Waals surface area (Å²) in [7, 11) is 0. The smallest absolute Gasteiger partial charge is 0.261 e. The summed E-state index contributed by atoms with van der Waals surface area (Å²) in [6.07, 6.45) is 1.81. The molecule has 4 heteroatoms. The van der Waals surface area contributed by atoms with Crippen LogP contribution in [-0.4, -0.2) is 10.9 Å². The summed E-state index contributed by atoms with van der Waals surface area (Å²) in [5.74, 6) is -0.380. The summed E-state index contributed by atoms with van der Waals surface area (Å²) in [5, 5.41) is 2.73. The summed E-state index contributed by atoms with van der Waals surface area (Å²) < 4.78 is 0. The Balaban J connectivity index is 2.30. The van der Waals surface area contributed by atoms with Crippen LogP contribution in [0.5, 0.6) is 0 Å². The van der Waals surface area contributed by atoms with E-state index in [0.29, 0.717) is 5.69 Å². The van der Waals surface area contributed by atoms with Gasteiger partial charge in [0.15, 0.2) is 0 Å². The molecule has 0 saturated heterocycles. The summed E-state index contributed by atoms with van der Waals surface area (Å²) in [4.78, 5) is 26.8. The van der Waals surface area contributed by atoms with Gasteiger partial charge in [0.25, 0.3) is 11.5 Å². The predicted molar refractivity (Wildman–Crippen MR) is 80.2 cm³/mol. The van der Waals surface area contributed by atoms with Gasteiger partial charge in [-0.3, -0.25) is 9.59 Å². The molecule has 1 aromatic heterocycles. The molecule has 1 amide bonds. The van der Waals surface area contributed by atoms with Crippen molar-refractivity contribution >= 4 is 11.6 Å². The van der Waals surface area contributed by atoms with E-state index >= 15 is 0 Å². The van der Waals surface area contributed by atoms with Crippen molar-refractivity contribution in [3.8, 4) is 0 Å². The van der Waals surface area contributed by atoms with Crippen molar-refractivity contribution in [2.24, 2.45) is 0 Å². The highest BCUT2D eigenvalue weighted by molar-refractivity contribution is 6.04. The molecule has 2 N–H and O–H groups in total. The molecule has 0 radical (unpaired) electrons. The number of para-hydroxylation sites is 1. The lowest BCUT2D eigenvalue weighted by Crippen LogP contribution is -2.24. The molecule has 0 spiro atoms. The van der Waals surface area contributed by atoms with Crippen molar-refractivity contribution in [3.05, 3.63) is 63.6 Å². The lowest BCUT2D eigenvalue weighted by atomic mass is 10.1. The van der Waals surface area contributed by atoms with Crippen molar-refractivity contribution in [2.75, 3.05) is 5.32 Å². The SMILES string of the molecule is CCCc1cc(C(=O)Nc2ccccc2)c(=O)[nH]c1C. The second-order valence-corrected chi connectivity index (χ2v) is 4.73. The van der Waals surface area contributed by atoms with Gasteiger partial charge >= 0.3 is 0 Å². The van der Waals surface area contributed by atoms with Gasteiger partial charge in [-0.2, -0.15) is 0 Å². The molecule has 0 atom stereocenters. The minimum atomic E-state index is -0.380. The molecule has 2 rings (SSSR count).